The van der Waals surface area contributed by atoms with Crippen LogP contribution in [0.15, 0.2) is 52.2 Å². The molecule has 0 amide bonds. The first-order valence-corrected chi connectivity index (χ1v) is 11.5. The zero-order chi connectivity index (χ0) is 24.7. The number of benzene rings is 2. The van der Waals surface area contributed by atoms with E-state index in [1.54, 1.807) is 25.3 Å². The van der Waals surface area contributed by atoms with Crippen molar-refractivity contribution in [2.45, 2.75) is 45.6 Å². The first-order valence-electron chi connectivity index (χ1n) is 11.5. The third-order valence-corrected chi connectivity index (χ3v) is 6.08. The zero-order valence-corrected chi connectivity index (χ0v) is 20.2. The maximum atomic E-state index is 12.4. The lowest BCUT2D eigenvalue weighted by molar-refractivity contribution is -0.153. The van der Waals surface area contributed by atoms with Crippen LogP contribution in [0.3, 0.4) is 0 Å². The summed E-state index contributed by atoms with van der Waals surface area (Å²) in [4.78, 5) is 19.2. The van der Waals surface area contributed by atoms with Crippen LogP contribution in [0.25, 0.3) is 22.8 Å². The molecule has 8 nitrogen and oxygen atoms in total. The third-order valence-electron chi connectivity index (χ3n) is 6.08. The van der Waals surface area contributed by atoms with Crippen molar-refractivity contribution in [3.8, 4) is 34.7 Å². The maximum absolute atomic E-state index is 12.4. The Kier molecular flexibility index (Phi) is 5.56. The highest BCUT2D eigenvalue weighted by Crippen LogP contribution is 2.43. The molecule has 0 unspecified atom stereocenters. The van der Waals surface area contributed by atoms with Crippen molar-refractivity contribution in [3.63, 3.8) is 0 Å². The molecule has 2 aliphatic heterocycles. The first kappa shape index (κ1) is 22.7. The average Bonchev–Trinajstić information content (AvgIpc) is 3.53. The Morgan fingerprint density at radius 1 is 1.20 bits per heavy atom. The number of ether oxygens (including phenoxy) is 2. The Morgan fingerprint density at radius 3 is 2.77 bits per heavy atom. The summed E-state index contributed by atoms with van der Waals surface area (Å²) in [7, 11) is 1.55. The second kappa shape index (κ2) is 8.58. The monoisotopic (exact) mass is 470 g/mol. The number of methoxy groups -OCH3 is 1. The summed E-state index contributed by atoms with van der Waals surface area (Å²) in [5, 5.41) is 13.4. The van der Waals surface area contributed by atoms with Gasteiger partial charge in [0.15, 0.2) is 0 Å². The molecule has 0 bridgehead atoms. The van der Waals surface area contributed by atoms with Gasteiger partial charge in [-0.15, -0.1) is 0 Å². The predicted octanol–water partition coefficient (Wildman–Crippen LogP) is 5.04. The van der Waals surface area contributed by atoms with Crippen molar-refractivity contribution >= 4 is 11.7 Å². The van der Waals surface area contributed by atoms with E-state index >= 15 is 0 Å². The van der Waals surface area contributed by atoms with Crippen molar-refractivity contribution in [3.05, 3.63) is 58.8 Å². The fourth-order valence-corrected chi connectivity index (χ4v) is 4.62. The highest BCUT2D eigenvalue weighted by molar-refractivity contribution is 5.77. The molecular formula is C27H26N4O4. The van der Waals surface area contributed by atoms with E-state index in [0.29, 0.717) is 35.0 Å². The number of esters is 1. The number of fused-ring (bicyclic) bond motifs is 3. The fraction of sp³-hybridized carbons (Fsp3) is 0.333. The number of aromatic nitrogens is 2. The molecule has 0 saturated heterocycles. The minimum absolute atomic E-state index is 0.185. The molecule has 0 fully saturated rings. The molecule has 3 aromatic rings. The van der Waals surface area contributed by atoms with Gasteiger partial charge in [-0.2, -0.15) is 10.2 Å². The number of anilines is 1. The Labute approximate surface area is 203 Å². The molecule has 0 radical (unpaired) electrons. The van der Waals surface area contributed by atoms with Crippen molar-refractivity contribution in [1.29, 1.82) is 5.26 Å². The van der Waals surface area contributed by atoms with Crippen molar-refractivity contribution in [2.24, 2.45) is 0 Å². The summed E-state index contributed by atoms with van der Waals surface area (Å²) < 4.78 is 16.3. The van der Waals surface area contributed by atoms with E-state index in [-0.39, 0.29) is 5.97 Å². The number of hydrogen-bond donors (Lipinski definition) is 0. The van der Waals surface area contributed by atoms with Crippen LogP contribution in [-0.4, -0.2) is 35.4 Å². The van der Waals surface area contributed by atoms with Gasteiger partial charge in [-0.3, -0.25) is 4.79 Å². The number of nitriles is 1. The van der Waals surface area contributed by atoms with E-state index in [2.05, 4.69) is 33.2 Å². The standard InChI is InChI=1S/C27H26N4O4/c1-27(2,3)34-24(32)14-17-7-8-31-22-6-5-18(11-19(22)13-23(17)31)25-29-26(35-30-25)20-9-16(15-28)10-21(12-20)33-4/h5-6,9-12H,7-8,13-14H2,1-4H3. The first-order chi connectivity index (χ1) is 16.7. The molecule has 1 aromatic heterocycles. The number of rotatable bonds is 5. The van der Waals surface area contributed by atoms with Crippen LogP contribution in [0, 0.1) is 11.3 Å². The molecule has 0 aliphatic carbocycles. The maximum Gasteiger partial charge on any atom is 0.310 e. The Hall–Kier alpha value is -4.12. The van der Waals surface area contributed by atoms with Crippen LogP contribution in [0.2, 0.25) is 0 Å². The van der Waals surface area contributed by atoms with Crippen LogP contribution in [-0.2, 0) is 16.0 Å². The summed E-state index contributed by atoms with van der Waals surface area (Å²) in [6, 6.07) is 13.3. The molecule has 178 valence electrons. The van der Waals surface area contributed by atoms with E-state index in [9.17, 15) is 10.1 Å². The highest BCUT2D eigenvalue weighted by Gasteiger charge is 2.33. The molecular weight excluding hydrogens is 444 g/mol. The van der Waals surface area contributed by atoms with Gasteiger partial charge in [-0.05, 0) is 74.7 Å². The number of carbonyl (C=O) groups excluding carboxylic acids is 1. The number of carbonyl (C=O) groups is 1. The topological polar surface area (TPSA) is 101 Å². The van der Waals surface area contributed by atoms with Gasteiger partial charge in [0.1, 0.15) is 11.4 Å². The molecule has 2 aromatic carbocycles. The molecule has 5 rings (SSSR count). The number of hydrogen-bond acceptors (Lipinski definition) is 8. The largest absolute Gasteiger partial charge is 0.497 e. The summed E-state index contributed by atoms with van der Waals surface area (Å²) in [5.41, 5.74) is 6.08. The second-order valence-corrected chi connectivity index (χ2v) is 9.72. The lowest BCUT2D eigenvalue weighted by Crippen LogP contribution is -2.24. The van der Waals surface area contributed by atoms with E-state index in [1.807, 2.05) is 26.8 Å². The van der Waals surface area contributed by atoms with Crippen LogP contribution in [0.1, 0.15) is 44.7 Å². The molecule has 0 N–H and O–H groups in total. The van der Waals surface area contributed by atoms with Gasteiger partial charge in [0.2, 0.25) is 5.82 Å². The lowest BCUT2D eigenvalue weighted by atomic mass is 10.0. The second-order valence-electron chi connectivity index (χ2n) is 9.72. The molecule has 0 saturated carbocycles. The van der Waals surface area contributed by atoms with E-state index in [0.717, 1.165) is 36.2 Å². The van der Waals surface area contributed by atoms with Gasteiger partial charge in [0.25, 0.3) is 5.89 Å². The van der Waals surface area contributed by atoms with E-state index in [4.69, 9.17) is 14.0 Å². The van der Waals surface area contributed by atoms with Gasteiger partial charge in [-0.25, -0.2) is 0 Å². The van der Waals surface area contributed by atoms with Crippen molar-refractivity contribution in [2.75, 3.05) is 18.6 Å². The van der Waals surface area contributed by atoms with Crippen LogP contribution < -0.4 is 9.64 Å². The number of allylic oxidation sites excluding steroid dienone is 1. The summed E-state index contributed by atoms with van der Waals surface area (Å²) in [5.74, 6) is 1.15. The fourth-order valence-electron chi connectivity index (χ4n) is 4.62. The Balaban J connectivity index is 1.39. The minimum atomic E-state index is -0.487. The quantitative estimate of drug-likeness (QED) is 0.478. The van der Waals surface area contributed by atoms with Gasteiger partial charge < -0.3 is 18.9 Å². The van der Waals surface area contributed by atoms with Gasteiger partial charge in [0, 0.05) is 35.5 Å². The summed E-state index contributed by atoms with van der Waals surface area (Å²) >= 11 is 0. The van der Waals surface area contributed by atoms with Crippen molar-refractivity contribution in [1.82, 2.24) is 10.1 Å². The molecule has 0 atom stereocenters. The van der Waals surface area contributed by atoms with Gasteiger partial charge >= 0.3 is 5.97 Å². The minimum Gasteiger partial charge on any atom is -0.497 e. The Bertz CT molecular complexity index is 1390. The lowest BCUT2D eigenvalue weighted by Gasteiger charge is -2.19. The SMILES string of the molecule is COc1cc(C#N)cc(-c2nc(-c3ccc4c(c3)CC3=C(CC(=O)OC(C)(C)C)CCN34)no2)c1. The molecule has 2 aliphatic rings. The third kappa shape index (κ3) is 4.50. The van der Waals surface area contributed by atoms with E-state index in [1.165, 1.54) is 11.3 Å². The molecule has 0 spiro atoms. The average molecular weight is 471 g/mol. The highest BCUT2D eigenvalue weighted by atomic mass is 16.6. The molecule has 3 heterocycles. The van der Waals surface area contributed by atoms with Crippen LogP contribution >= 0.6 is 0 Å². The Morgan fingerprint density at radius 2 is 2.03 bits per heavy atom. The van der Waals surface area contributed by atoms with Gasteiger partial charge in [-0.1, -0.05) is 5.16 Å². The number of nitrogens with zero attached hydrogens (tertiary/aromatic N) is 4. The molecule has 8 heteroatoms. The smallest absolute Gasteiger partial charge is 0.310 e. The van der Waals surface area contributed by atoms with Crippen molar-refractivity contribution < 1.29 is 18.8 Å². The van der Waals surface area contributed by atoms with Crippen LogP contribution in [0.4, 0.5) is 5.69 Å². The normalized spacial score (nSPS) is 14.5. The van der Waals surface area contributed by atoms with Gasteiger partial charge in [0.05, 0.1) is 25.2 Å². The summed E-state index contributed by atoms with van der Waals surface area (Å²) in [6.45, 7) is 6.52. The zero-order valence-electron chi connectivity index (χ0n) is 20.2. The van der Waals surface area contributed by atoms with Crippen LogP contribution in [0.5, 0.6) is 5.75 Å². The molecule has 35 heavy (non-hydrogen) atoms. The summed E-state index contributed by atoms with van der Waals surface area (Å²) in [6.07, 6.45) is 1.95. The predicted molar refractivity (Wildman–Crippen MR) is 130 cm³/mol. The van der Waals surface area contributed by atoms with E-state index < -0.39 is 5.60 Å².